The number of non-ortho nitro benzene ring substituents is 2. The van der Waals surface area contributed by atoms with Gasteiger partial charge < -0.3 is 15.1 Å². The van der Waals surface area contributed by atoms with E-state index in [0.717, 1.165) is 18.2 Å². The van der Waals surface area contributed by atoms with Crippen molar-refractivity contribution in [2.45, 2.75) is 0 Å². The number of nitrogens with one attached hydrogen (secondary N) is 2. The van der Waals surface area contributed by atoms with Gasteiger partial charge in [-0.1, -0.05) is 12.1 Å². The van der Waals surface area contributed by atoms with Gasteiger partial charge in [0.15, 0.2) is 5.76 Å². The van der Waals surface area contributed by atoms with Crippen molar-refractivity contribution in [1.82, 2.24) is 0 Å². The highest BCUT2D eigenvalue weighted by atomic mass is 16.6. The molecule has 11 heteroatoms. The monoisotopic (exact) mass is 396 g/mol. The number of carbonyl (C=O) groups is 2. The molecule has 2 aromatic carbocycles. The molecule has 0 saturated carbocycles. The van der Waals surface area contributed by atoms with Gasteiger partial charge in [-0.05, 0) is 24.3 Å². The van der Waals surface area contributed by atoms with Crippen molar-refractivity contribution in [3.05, 3.63) is 92.4 Å². The maximum atomic E-state index is 12.5. The van der Waals surface area contributed by atoms with Crippen LogP contribution in [0.15, 0.2) is 65.3 Å². The molecule has 1 heterocycles. The van der Waals surface area contributed by atoms with E-state index >= 15 is 0 Å². The number of benzene rings is 2. The largest absolute Gasteiger partial charge is 0.459 e. The summed E-state index contributed by atoms with van der Waals surface area (Å²) >= 11 is 0. The number of hydrogen-bond acceptors (Lipinski definition) is 7. The normalized spacial score (nSPS) is 10.2. The van der Waals surface area contributed by atoms with E-state index in [0.29, 0.717) is 0 Å². The standard InChI is InChI=1S/C18H12N4O7/c23-17(11-8-12(21(25)26)10-13(9-11)22(27)28)19-14-4-1-2-5-15(14)20-18(24)16-6-3-7-29-16/h1-10H,(H,19,23)(H,20,24). The highest BCUT2D eigenvalue weighted by Crippen LogP contribution is 2.26. The second kappa shape index (κ2) is 8.00. The van der Waals surface area contributed by atoms with Crippen LogP contribution in [0, 0.1) is 20.2 Å². The number of furan rings is 1. The van der Waals surface area contributed by atoms with Crippen LogP contribution < -0.4 is 10.6 Å². The van der Waals surface area contributed by atoms with Crippen molar-refractivity contribution in [3.63, 3.8) is 0 Å². The fourth-order valence-corrected chi connectivity index (χ4v) is 2.42. The van der Waals surface area contributed by atoms with E-state index in [1.807, 2.05) is 0 Å². The van der Waals surface area contributed by atoms with Crippen LogP contribution in [0.2, 0.25) is 0 Å². The van der Waals surface area contributed by atoms with Crippen LogP contribution in [0.1, 0.15) is 20.9 Å². The molecule has 0 aliphatic rings. The van der Waals surface area contributed by atoms with Gasteiger partial charge in [-0.25, -0.2) is 0 Å². The lowest BCUT2D eigenvalue weighted by atomic mass is 10.1. The van der Waals surface area contributed by atoms with E-state index in [-0.39, 0.29) is 22.7 Å². The number of carbonyl (C=O) groups excluding carboxylic acids is 2. The molecule has 29 heavy (non-hydrogen) atoms. The molecule has 3 aromatic rings. The van der Waals surface area contributed by atoms with Gasteiger partial charge in [0.25, 0.3) is 23.2 Å². The third-order valence-corrected chi connectivity index (χ3v) is 3.75. The van der Waals surface area contributed by atoms with Gasteiger partial charge in [0.1, 0.15) is 0 Å². The summed E-state index contributed by atoms with van der Waals surface area (Å²) in [7, 11) is 0. The molecule has 2 amide bonds. The first-order valence-corrected chi connectivity index (χ1v) is 8.04. The van der Waals surface area contributed by atoms with Crippen molar-refractivity contribution in [1.29, 1.82) is 0 Å². The molecule has 146 valence electrons. The van der Waals surface area contributed by atoms with Crippen molar-refractivity contribution in [2.24, 2.45) is 0 Å². The predicted octanol–water partition coefficient (Wildman–Crippen LogP) is 3.60. The van der Waals surface area contributed by atoms with Crippen LogP contribution in [0.4, 0.5) is 22.7 Å². The number of para-hydroxylation sites is 2. The Balaban J connectivity index is 1.87. The molecule has 0 atom stereocenters. The number of nitro groups is 2. The van der Waals surface area contributed by atoms with Crippen LogP contribution in [0.3, 0.4) is 0 Å². The second-order valence-corrected chi connectivity index (χ2v) is 5.68. The maximum absolute atomic E-state index is 12.5. The van der Waals surface area contributed by atoms with Crippen LogP contribution in [-0.4, -0.2) is 21.7 Å². The number of anilines is 2. The van der Waals surface area contributed by atoms with Gasteiger partial charge in [-0.2, -0.15) is 0 Å². The summed E-state index contributed by atoms with van der Waals surface area (Å²) in [6.07, 6.45) is 1.33. The molecule has 0 aliphatic heterocycles. The zero-order chi connectivity index (χ0) is 21.0. The summed E-state index contributed by atoms with van der Waals surface area (Å²) < 4.78 is 5.00. The quantitative estimate of drug-likeness (QED) is 0.476. The Morgan fingerprint density at radius 1 is 0.793 bits per heavy atom. The van der Waals surface area contributed by atoms with E-state index in [1.54, 1.807) is 12.1 Å². The fraction of sp³-hybridized carbons (Fsp3) is 0. The number of amides is 2. The molecule has 3 rings (SSSR count). The first-order chi connectivity index (χ1) is 13.8. The Hall–Kier alpha value is -4.54. The Bertz CT molecular complexity index is 1080. The van der Waals surface area contributed by atoms with Gasteiger partial charge >= 0.3 is 0 Å². The van der Waals surface area contributed by atoms with Crippen molar-refractivity contribution < 1.29 is 23.9 Å². The van der Waals surface area contributed by atoms with E-state index in [4.69, 9.17) is 4.42 Å². The average Bonchev–Trinajstić information content (AvgIpc) is 3.24. The molecular formula is C18H12N4O7. The minimum absolute atomic E-state index is 0.0560. The lowest BCUT2D eigenvalue weighted by Crippen LogP contribution is -2.16. The summed E-state index contributed by atoms with van der Waals surface area (Å²) in [5, 5.41) is 27.0. The van der Waals surface area contributed by atoms with Crippen molar-refractivity contribution >= 4 is 34.6 Å². The van der Waals surface area contributed by atoms with Crippen LogP contribution in [-0.2, 0) is 0 Å². The predicted molar refractivity (Wildman–Crippen MR) is 101 cm³/mol. The molecule has 0 radical (unpaired) electrons. The zero-order valence-corrected chi connectivity index (χ0v) is 14.5. The van der Waals surface area contributed by atoms with E-state index in [2.05, 4.69) is 10.6 Å². The minimum atomic E-state index is -0.832. The zero-order valence-electron chi connectivity index (χ0n) is 14.5. The minimum Gasteiger partial charge on any atom is -0.459 e. The average molecular weight is 396 g/mol. The molecule has 1 aromatic heterocycles. The Morgan fingerprint density at radius 3 is 1.83 bits per heavy atom. The topological polar surface area (TPSA) is 158 Å². The van der Waals surface area contributed by atoms with Gasteiger partial charge in [-0.3, -0.25) is 29.8 Å². The summed E-state index contributed by atoms with van der Waals surface area (Å²) in [6, 6.07) is 11.8. The van der Waals surface area contributed by atoms with Gasteiger partial charge in [0.05, 0.1) is 39.1 Å². The Kier molecular flexibility index (Phi) is 5.30. The second-order valence-electron chi connectivity index (χ2n) is 5.68. The molecule has 0 unspecified atom stereocenters. The molecule has 0 bridgehead atoms. The van der Waals surface area contributed by atoms with Crippen molar-refractivity contribution in [2.75, 3.05) is 10.6 Å². The van der Waals surface area contributed by atoms with Crippen LogP contribution in [0.5, 0.6) is 0 Å². The third-order valence-electron chi connectivity index (χ3n) is 3.75. The molecule has 0 saturated heterocycles. The highest BCUT2D eigenvalue weighted by Gasteiger charge is 2.21. The number of rotatable bonds is 6. The third kappa shape index (κ3) is 4.42. The first kappa shape index (κ1) is 19.2. The summed E-state index contributed by atoms with van der Waals surface area (Å²) in [4.78, 5) is 45.0. The SMILES string of the molecule is O=C(Nc1ccccc1NC(=O)c1ccco1)c1cc([N+](=O)[O-])cc([N+](=O)[O-])c1. The number of nitro benzene ring substituents is 2. The molecule has 0 spiro atoms. The Morgan fingerprint density at radius 2 is 1.34 bits per heavy atom. The summed E-state index contributed by atoms with van der Waals surface area (Å²) in [6.45, 7) is 0. The van der Waals surface area contributed by atoms with Crippen LogP contribution >= 0.6 is 0 Å². The smallest absolute Gasteiger partial charge is 0.291 e. The van der Waals surface area contributed by atoms with E-state index < -0.39 is 33.0 Å². The lowest BCUT2D eigenvalue weighted by molar-refractivity contribution is -0.394. The summed E-state index contributed by atoms with van der Waals surface area (Å²) in [5.41, 5.74) is -1.04. The maximum Gasteiger partial charge on any atom is 0.291 e. The fourth-order valence-electron chi connectivity index (χ4n) is 2.42. The molecule has 0 aliphatic carbocycles. The van der Waals surface area contributed by atoms with E-state index in [1.165, 1.54) is 30.5 Å². The lowest BCUT2D eigenvalue weighted by Gasteiger charge is -2.11. The van der Waals surface area contributed by atoms with Crippen molar-refractivity contribution in [3.8, 4) is 0 Å². The van der Waals surface area contributed by atoms with E-state index in [9.17, 15) is 29.8 Å². The van der Waals surface area contributed by atoms with Gasteiger partial charge in [-0.15, -0.1) is 0 Å². The first-order valence-electron chi connectivity index (χ1n) is 8.04. The van der Waals surface area contributed by atoms with Gasteiger partial charge in [0, 0.05) is 12.1 Å². The molecule has 2 N–H and O–H groups in total. The Labute approximate surface area is 162 Å². The highest BCUT2D eigenvalue weighted by molar-refractivity contribution is 6.09. The van der Waals surface area contributed by atoms with Crippen LogP contribution in [0.25, 0.3) is 0 Å². The summed E-state index contributed by atoms with van der Waals surface area (Å²) in [5.74, 6) is -1.32. The number of hydrogen-bond donors (Lipinski definition) is 2. The van der Waals surface area contributed by atoms with Gasteiger partial charge in [0.2, 0.25) is 0 Å². The molecule has 0 fully saturated rings. The number of nitrogens with zero attached hydrogens (tertiary/aromatic N) is 2. The molecular weight excluding hydrogens is 384 g/mol. The molecule has 11 nitrogen and oxygen atoms in total.